The first-order chi connectivity index (χ1) is 15.5. The highest BCUT2D eigenvalue weighted by Crippen LogP contribution is 2.33. The molecular formula is C23H23N5O3S. The van der Waals surface area contributed by atoms with Gasteiger partial charge in [-0.3, -0.25) is 4.79 Å². The lowest BCUT2D eigenvalue weighted by Gasteiger charge is -2.15. The fraction of sp³-hybridized carbons (Fsp3) is 0.261. The highest BCUT2D eigenvalue weighted by atomic mass is 32.1. The molecule has 1 amide bonds. The summed E-state index contributed by atoms with van der Waals surface area (Å²) in [4.78, 5) is 19.2. The number of fused-ring (bicyclic) bond motifs is 2. The van der Waals surface area contributed by atoms with Crippen molar-refractivity contribution in [2.45, 2.75) is 20.4 Å². The van der Waals surface area contributed by atoms with Gasteiger partial charge in [0, 0.05) is 13.6 Å². The summed E-state index contributed by atoms with van der Waals surface area (Å²) in [6.07, 6.45) is 0. The molecule has 1 N–H and O–H groups in total. The third kappa shape index (κ3) is 3.87. The van der Waals surface area contributed by atoms with Crippen molar-refractivity contribution in [3.05, 3.63) is 59.3 Å². The van der Waals surface area contributed by atoms with Crippen molar-refractivity contribution in [1.82, 2.24) is 20.1 Å². The van der Waals surface area contributed by atoms with E-state index in [-0.39, 0.29) is 19.2 Å². The molecule has 4 aromatic rings. The maximum absolute atomic E-state index is 12.5. The van der Waals surface area contributed by atoms with Crippen LogP contribution in [0.3, 0.4) is 0 Å². The summed E-state index contributed by atoms with van der Waals surface area (Å²) in [6.45, 7) is 4.90. The van der Waals surface area contributed by atoms with Crippen LogP contribution in [-0.2, 0) is 11.3 Å². The average molecular weight is 450 g/mol. The number of hydrogen-bond donors (Lipinski definition) is 1. The molecule has 0 radical (unpaired) electrons. The molecule has 0 unspecified atom stereocenters. The maximum Gasteiger partial charge on any atom is 0.239 e. The van der Waals surface area contributed by atoms with Crippen LogP contribution in [0.4, 0.5) is 5.13 Å². The molecule has 0 atom stereocenters. The molecule has 8 nitrogen and oxygen atoms in total. The van der Waals surface area contributed by atoms with Crippen LogP contribution in [0.1, 0.15) is 16.8 Å². The summed E-state index contributed by atoms with van der Waals surface area (Å²) in [5.41, 5.74) is 4.82. The van der Waals surface area contributed by atoms with Crippen molar-refractivity contribution in [3.8, 4) is 17.2 Å². The lowest BCUT2D eigenvalue weighted by Crippen LogP contribution is -2.34. The molecule has 0 saturated carbocycles. The van der Waals surface area contributed by atoms with E-state index in [2.05, 4.69) is 29.5 Å². The Hall–Kier alpha value is -3.59. The van der Waals surface area contributed by atoms with E-state index in [1.807, 2.05) is 53.9 Å². The van der Waals surface area contributed by atoms with E-state index < -0.39 is 0 Å². The van der Waals surface area contributed by atoms with Gasteiger partial charge in [-0.1, -0.05) is 29.5 Å². The number of nitrogens with one attached hydrogen (secondary N) is 1. The standard InChI is InChI=1S/C23H23N5O3S/c1-14-5-4-6-17(9-14)28-22-21(15(2)26-28)32-23(25-22)27(3)12-20(29)24-11-16-7-8-18-19(10-16)31-13-30-18/h4-10H,11-13H2,1-3H3,(H,24,29). The molecular weight excluding hydrogens is 426 g/mol. The van der Waals surface area contributed by atoms with E-state index >= 15 is 0 Å². The largest absolute Gasteiger partial charge is 0.454 e. The van der Waals surface area contributed by atoms with Gasteiger partial charge in [0.25, 0.3) is 0 Å². The predicted molar refractivity (Wildman–Crippen MR) is 124 cm³/mol. The number of carbonyl (C=O) groups excluding carboxylic acids is 1. The third-order valence-electron chi connectivity index (χ3n) is 5.26. The zero-order valence-electron chi connectivity index (χ0n) is 18.1. The maximum atomic E-state index is 12.5. The zero-order chi connectivity index (χ0) is 22.2. The molecule has 0 bridgehead atoms. The number of likely N-dealkylation sites (N-methyl/N-ethyl adjacent to an activating group) is 1. The summed E-state index contributed by atoms with van der Waals surface area (Å²) >= 11 is 1.54. The van der Waals surface area contributed by atoms with Crippen molar-refractivity contribution in [3.63, 3.8) is 0 Å². The molecule has 5 rings (SSSR count). The molecule has 164 valence electrons. The molecule has 32 heavy (non-hydrogen) atoms. The highest BCUT2D eigenvalue weighted by Gasteiger charge is 2.19. The number of rotatable bonds is 6. The average Bonchev–Trinajstić information content (AvgIpc) is 3.48. The van der Waals surface area contributed by atoms with Crippen LogP contribution < -0.4 is 19.7 Å². The number of benzene rings is 2. The second-order valence-electron chi connectivity index (χ2n) is 7.81. The van der Waals surface area contributed by atoms with Gasteiger partial charge in [-0.2, -0.15) is 10.1 Å². The summed E-state index contributed by atoms with van der Waals surface area (Å²) < 4.78 is 13.6. The summed E-state index contributed by atoms with van der Waals surface area (Å²) in [5.74, 6) is 1.36. The second-order valence-corrected chi connectivity index (χ2v) is 8.78. The van der Waals surface area contributed by atoms with Crippen LogP contribution in [0.2, 0.25) is 0 Å². The highest BCUT2D eigenvalue weighted by molar-refractivity contribution is 7.22. The van der Waals surface area contributed by atoms with E-state index in [9.17, 15) is 4.79 Å². The van der Waals surface area contributed by atoms with E-state index in [0.29, 0.717) is 12.3 Å². The Morgan fingerprint density at radius 3 is 2.88 bits per heavy atom. The quantitative estimate of drug-likeness (QED) is 0.485. The van der Waals surface area contributed by atoms with Gasteiger partial charge in [0.2, 0.25) is 12.7 Å². The minimum Gasteiger partial charge on any atom is -0.454 e. The molecule has 0 aliphatic carbocycles. The first-order valence-corrected chi connectivity index (χ1v) is 11.1. The number of thiazole rings is 1. The Kier molecular flexibility index (Phi) is 5.18. The van der Waals surface area contributed by atoms with E-state index in [1.54, 1.807) is 11.3 Å². The van der Waals surface area contributed by atoms with Gasteiger partial charge in [0.15, 0.2) is 22.3 Å². The first-order valence-electron chi connectivity index (χ1n) is 10.3. The normalized spacial score (nSPS) is 12.3. The van der Waals surface area contributed by atoms with Gasteiger partial charge in [-0.25, -0.2) is 4.68 Å². The van der Waals surface area contributed by atoms with Crippen LogP contribution >= 0.6 is 11.3 Å². The van der Waals surface area contributed by atoms with Crippen molar-refractivity contribution < 1.29 is 14.3 Å². The molecule has 9 heteroatoms. The van der Waals surface area contributed by atoms with Gasteiger partial charge >= 0.3 is 0 Å². The van der Waals surface area contributed by atoms with Crippen LogP contribution in [-0.4, -0.2) is 41.1 Å². The predicted octanol–water partition coefficient (Wildman–Crippen LogP) is 3.58. The van der Waals surface area contributed by atoms with Gasteiger partial charge in [-0.15, -0.1) is 0 Å². The fourth-order valence-electron chi connectivity index (χ4n) is 3.62. The van der Waals surface area contributed by atoms with Crippen molar-refractivity contribution in [2.24, 2.45) is 0 Å². The fourth-order valence-corrected chi connectivity index (χ4v) is 4.56. The molecule has 1 aliphatic heterocycles. The SMILES string of the molecule is Cc1cccc(-n2nc(C)c3sc(N(C)CC(=O)NCc4ccc5c(c4)OCO5)nc32)c1. The molecule has 0 fully saturated rings. The van der Waals surface area contributed by atoms with E-state index in [0.717, 1.165) is 43.7 Å². The smallest absolute Gasteiger partial charge is 0.239 e. The lowest BCUT2D eigenvalue weighted by atomic mass is 10.2. The molecule has 0 saturated heterocycles. The number of amides is 1. The lowest BCUT2D eigenvalue weighted by molar-refractivity contribution is -0.119. The van der Waals surface area contributed by atoms with Crippen molar-refractivity contribution >= 4 is 32.7 Å². The van der Waals surface area contributed by atoms with E-state index in [4.69, 9.17) is 14.5 Å². The number of carbonyl (C=O) groups is 1. The summed E-state index contributed by atoms with van der Waals surface area (Å²) in [5, 5.41) is 8.39. The summed E-state index contributed by atoms with van der Waals surface area (Å²) in [7, 11) is 1.87. The van der Waals surface area contributed by atoms with Gasteiger partial charge in [0.1, 0.15) is 0 Å². The van der Waals surface area contributed by atoms with Crippen molar-refractivity contribution in [2.75, 3.05) is 25.3 Å². The van der Waals surface area contributed by atoms with Crippen LogP contribution in [0, 0.1) is 13.8 Å². The van der Waals surface area contributed by atoms with E-state index in [1.165, 1.54) is 0 Å². The van der Waals surface area contributed by atoms with Crippen molar-refractivity contribution in [1.29, 1.82) is 0 Å². The Bertz CT molecular complexity index is 1310. The number of aryl methyl sites for hydroxylation is 2. The second kappa shape index (κ2) is 8.16. The Balaban J connectivity index is 1.28. The number of ether oxygens (including phenoxy) is 2. The number of nitrogens with zero attached hydrogens (tertiary/aromatic N) is 4. The summed E-state index contributed by atoms with van der Waals surface area (Å²) in [6, 6.07) is 13.8. The van der Waals surface area contributed by atoms with Crippen LogP contribution in [0.15, 0.2) is 42.5 Å². The van der Waals surface area contributed by atoms with Crippen LogP contribution in [0.25, 0.3) is 16.0 Å². The minimum absolute atomic E-state index is 0.0820. The molecule has 1 aliphatic rings. The number of aromatic nitrogens is 3. The van der Waals surface area contributed by atoms with Gasteiger partial charge < -0.3 is 19.7 Å². The minimum atomic E-state index is -0.0820. The molecule has 0 spiro atoms. The Morgan fingerprint density at radius 1 is 1.19 bits per heavy atom. The van der Waals surface area contributed by atoms with Gasteiger partial charge in [0.05, 0.1) is 22.6 Å². The number of anilines is 1. The number of hydrogen-bond acceptors (Lipinski definition) is 7. The molecule has 3 heterocycles. The Morgan fingerprint density at radius 2 is 2.03 bits per heavy atom. The Labute approximate surface area is 189 Å². The molecule has 2 aromatic heterocycles. The van der Waals surface area contributed by atoms with Crippen LogP contribution in [0.5, 0.6) is 11.5 Å². The topological polar surface area (TPSA) is 81.5 Å². The molecule has 2 aromatic carbocycles. The monoisotopic (exact) mass is 449 g/mol. The first kappa shape index (κ1) is 20.3. The third-order valence-corrected chi connectivity index (χ3v) is 6.53. The zero-order valence-corrected chi connectivity index (χ0v) is 18.9. The van der Waals surface area contributed by atoms with Gasteiger partial charge in [-0.05, 0) is 49.2 Å².